The summed E-state index contributed by atoms with van der Waals surface area (Å²) in [5, 5.41) is 18.3. The normalized spacial score (nSPS) is 14.1. The topological polar surface area (TPSA) is 113 Å². The minimum atomic E-state index is -5.08. The molecule has 0 aromatic carbocycles. The van der Waals surface area contributed by atoms with E-state index in [-0.39, 0.29) is 5.91 Å². The highest BCUT2D eigenvalue weighted by Crippen LogP contribution is 2.16. The second-order valence-corrected chi connectivity index (χ2v) is 7.34. The summed E-state index contributed by atoms with van der Waals surface area (Å²) in [5.74, 6) is -1.76. The molecular weight excluding hydrogens is 407 g/mol. The summed E-state index contributed by atoms with van der Waals surface area (Å²) in [5.41, 5.74) is 2.55. The van der Waals surface area contributed by atoms with Crippen LogP contribution in [0, 0.1) is 5.92 Å². The summed E-state index contributed by atoms with van der Waals surface area (Å²) in [4.78, 5) is 23.3. The van der Waals surface area contributed by atoms with E-state index in [2.05, 4.69) is 41.4 Å². The van der Waals surface area contributed by atoms with E-state index in [9.17, 15) is 18.0 Å². The molecule has 3 heterocycles. The van der Waals surface area contributed by atoms with Crippen molar-refractivity contribution >= 4 is 11.9 Å². The molecule has 0 bridgehead atoms. The number of rotatable bonds is 5. The molecule has 1 aliphatic heterocycles. The Morgan fingerprint density at radius 3 is 2.60 bits per heavy atom. The third-order valence-electron chi connectivity index (χ3n) is 4.23. The molecule has 9 nitrogen and oxygen atoms in total. The number of likely N-dealkylation sites (N-methyl/N-ethyl adjacent to an activating group) is 1. The van der Waals surface area contributed by atoms with Crippen molar-refractivity contribution in [1.82, 2.24) is 25.2 Å². The molecule has 12 heteroatoms. The largest absolute Gasteiger partial charge is 0.490 e. The molecule has 0 fully saturated rings. The molecule has 2 aromatic heterocycles. The number of amides is 1. The van der Waals surface area contributed by atoms with Gasteiger partial charge in [-0.15, -0.1) is 0 Å². The molecule has 2 N–H and O–H groups in total. The Labute approximate surface area is 170 Å². The zero-order chi connectivity index (χ0) is 22.5. The summed E-state index contributed by atoms with van der Waals surface area (Å²) in [6, 6.07) is 1.72. The molecule has 0 atom stereocenters. The Bertz CT molecular complexity index is 876. The molecule has 1 aliphatic rings. The Hall–Kier alpha value is -2.89. The Kier molecular flexibility index (Phi) is 7.59. The predicted octanol–water partition coefficient (Wildman–Crippen LogP) is 2.08. The van der Waals surface area contributed by atoms with Crippen molar-refractivity contribution in [3.63, 3.8) is 0 Å². The number of carbonyl (C=O) groups is 2. The van der Waals surface area contributed by atoms with Crippen LogP contribution in [-0.4, -0.2) is 56.6 Å². The first-order valence-corrected chi connectivity index (χ1v) is 9.23. The van der Waals surface area contributed by atoms with Crippen LogP contribution in [0.25, 0.3) is 0 Å². The van der Waals surface area contributed by atoms with Crippen molar-refractivity contribution in [2.75, 3.05) is 13.6 Å². The van der Waals surface area contributed by atoms with Crippen LogP contribution >= 0.6 is 0 Å². The van der Waals surface area contributed by atoms with Gasteiger partial charge in [0.1, 0.15) is 5.76 Å². The maximum atomic E-state index is 12.2. The number of aliphatic carboxylic acids is 1. The van der Waals surface area contributed by atoms with E-state index < -0.39 is 12.1 Å². The number of halogens is 3. The Morgan fingerprint density at radius 1 is 1.33 bits per heavy atom. The van der Waals surface area contributed by atoms with Crippen LogP contribution in [0.3, 0.4) is 0 Å². The third-order valence-corrected chi connectivity index (χ3v) is 4.23. The zero-order valence-electron chi connectivity index (χ0n) is 16.9. The molecule has 3 rings (SSSR count). The number of aromatic nitrogens is 3. The van der Waals surface area contributed by atoms with Crippen LogP contribution < -0.4 is 5.32 Å². The Morgan fingerprint density at radius 2 is 2.00 bits per heavy atom. The number of carbonyl (C=O) groups excluding carboxylic acids is 1. The van der Waals surface area contributed by atoms with Gasteiger partial charge in [0.25, 0.3) is 5.91 Å². The van der Waals surface area contributed by atoms with Gasteiger partial charge in [0.05, 0.1) is 18.4 Å². The molecule has 166 valence electrons. The predicted molar refractivity (Wildman–Crippen MR) is 98.5 cm³/mol. The summed E-state index contributed by atoms with van der Waals surface area (Å²) < 4.78 is 39.0. The molecular formula is C18H24F3N5O4. The van der Waals surface area contributed by atoms with Crippen LogP contribution in [0.5, 0.6) is 0 Å². The maximum Gasteiger partial charge on any atom is 0.490 e. The van der Waals surface area contributed by atoms with E-state index in [4.69, 9.17) is 14.4 Å². The van der Waals surface area contributed by atoms with Crippen molar-refractivity contribution in [3.8, 4) is 0 Å². The van der Waals surface area contributed by atoms with Crippen LogP contribution in [0.2, 0.25) is 0 Å². The van der Waals surface area contributed by atoms with Crippen LogP contribution in [0.1, 0.15) is 41.4 Å². The number of carboxylic acid groups (broad SMARTS) is 1. The first kappa shape index (κ1) is 23.4. The number of hydrogen-bond acceptors (Lipinski definition) is 6. The molecule has 0 saturated carbocycles. The zero-order valence-corrected chi connectivity index (χ0v) is 16.9. The van der Waals surface area contributed by atoms with Gasteiger partial charge >= 0.3 is 12.1 Å². The molecule has 0 spiro atoms. The number of hydrogen-bond donors (Lipinski definition) is 2. The van der Waals surface area contributed by atoms with E-state index in [1.165, 1.54) is 5.69 Å². The SMILES string of the molecule is CC(C)Cc1cc(C(=O)NCc2cnn3c2CN(C)CC3)no1.O=C(O)C(F)(F)F. The number of fused-ring (bicyclic) bond motifs is 1. The van der Waals surface area contributed by atoms with Crippen LogP contribution in [-0.2, 0) is 30.8 Å². The highest BCUT2D eigenvalue weighted by atomic mass is 19.4. The van der Waals surface area contributed by atoms with Gasteiger partial charge < -0.3 is 14.9 Å². The van der Waals surface area contributed by atoms with Gasteiger partial charge in [0, 0.05) is 37.7 Å². The van der Waals surface area contributed by atoms with Crippen LogP contribution in [0.15, 0.2) is 16.8 Å². The average molecular weight is 431 g/mol. The van der Waals surface area contributed by atoms with Gasteiger partial charge in [-0.05, 0) is 13.0 Å². The fourth-order valence-corrected chi connectivity index (χ4v) is 2.76. The van der Waals surface area contributed by atoms with Gasteiger partial charge in [-0.25, -0.2) is 4.79 Å². The van der Waals surface area contributed by atoms with Gasteiger partial charge in [-0.2, -0.15) is 18.3 Å². The third kappa shape index (κ3) is 6.58. The lowest BCUT2D eigenvalue weighted by atomic mass is 10.1. The monoisotopic (exact) mass is 431 g/mol. The quantitative estimate of drug-likeness (QED) is 0.745. The maximum absolute atomic E-state index is 12.2. The summed E-state index contributed by atoms with van der Waals surface area (Å²) in [7, 11) is 2.09. The number of alkyl halides is 3. The van der Waals surface area contributed by atoms with Gasteiger partial charge in [0.15, 0.2) is 5.69 Å². The second kappa shape index (κ2) is 9.74. The number of nitrogens with one attached hydrogen (secondary N) is 1. The summed E-state index contributed by atoms with van der Waals surface area (Å²) in [6.07, 6.45) is -2.47. The molecule has 0 saturated heterocycles. The first-order valence-electron chi connectivity index (χ1n) is 9.23. The van der Waals surface area contributed by atoms with Gasteiger partial charge in [-0.1, -0.05) is 19.0 Å². The smallest absolute Gasteiger partial charge is 0.475 e. The van der Waals surface area contributed by atoms with E-state index >= 15 is 0 Å². The highest BCUT2D eigenvalue weighted by Gasteiger charge is 2.38. The molecule has 0 aliphatic carbocycles. The fourth-order valence-electron chi connectivity index (χ4n) is 2.76. The van der Waals surface area contributed by atoms with E-state index in [0.717, 1.165) is 37.4 Å². The van der Waals surface area contributed by atoms with Crippen molar-refractivity contribution < 1.29 is 32.4 Å². The molecule has 2 aromatic rings. The summed E-state index contributed by atoms with van der Waals surface area (Å²) in [6.45, 7) is 7.40. The van der Waals surface area contributed by atoms with Crippen molar-refractivity contribution in [2.45, 2.75) is 46.1 Å². The van der Waals surface area contributed by atoms with E-state index in [1.54, 1.807) is 6.07 Å². The Balaban J connectivity index is 0.000000396. The minimum Gasteiger partial charge on any atom is -0.475 e. The minimum absolute atomic E-state index is 0.215. The highest BCUT2D eigenvalue weighted by molar-refractivity contribution is 5.92. The van der Waals surface area contributed by atoms with Crippen molar-refractivity contribution in [1.29, 1.82) is 0 Å². The number of nitrogens with zero attached hydrogens (tertiary/aromatic N) is 4. The molecule has 0 unspecified atom stereocenters. The summed E-state index contributed by atoms with van der Waals surface area (Å²) >= 11 is 0. The van der Waals surface area contributed by atoms with Crippen LogP contribution in [0.4, 0.5) is 13.2 Å². The fraction of sp³-hybridized carbons (Fsp3) is 0.556. The second-order valence-electron chi connectivity index (χ2n) is 7.34. The lowest BCUT2D eigenvalue weighted by Gasteiger charge is -2.24. The standard InChI is InChI=1S/C16H23N5O2.C2HF3O2/c1-11(2)6-13-7-14(19-23-13)16(22)17-8-12-9-18-21-5-4-20(3)10-15(12)21;3-2(4,5)1(6)7/h7,9,11H,4-6,8,10H2,1-3H3,(H,17,22);(H,6,7). The lowest BCUT2D eigenvalue weighted by Crippen LogP contribution is -2.32. The van der Waals surface area contributed by atoms with Gasteiger partial charge in [0.2, 0.25) is 0 Å². The first-order chi connectivity index (χ1) is 14.0. The van der Waals surface area contributed by atoms with E-state index in [1.807, 2.05) is 10.9 Å². The lowest BCUT2D eigenvalue weighted by molar-refractivity contribution is -0.192. The molecule has 0 radical (unpaired) electrons. The van der Waals surface area contributed by atoms with Crippen molar-refractivity contribution in [3.05, 3.63) is 35.0 Å². The molecule has 30 heavy (non-hydrogen) atoms. The van der Waals surface area contributed by atoms with Gasteiger partial charge in [-0.3, -0.25) is 14.4 Å². The van der Waals surface area contributed by atoms with E-state index in [0.29, 0.717) is 18.2 Å². The average Bonchev–Trinajstić information content (AvgIpc) is 3.25. The molecule has 1 amide bonds. The van der Waals surface area contributed by atoms with Crippen molar-refractivity contribution in [2.24, 2.45) is 5.92 Å². The number of carboxylic acids is 1.